The molecule has 0 saturated heterocycles. The molecule has 1 heterocycles. The van der Waals surface area contributed by atoms with Gasteiger partial charge in [-0.3, -0.25) is 10.1 Å². The van der Waals surface area contributed by atoms with Gasteiger partial charge in [-0.2, -0.15) is 0 Å². The van der Waals surface area contributed by atoms with Crippen LogP contribution in [0.2, 0.25) is 0 Å². The molecular formula is C8H10N4O4S. The summed E-state index contributed by atoms with van der Waals surface area (Å²) in [4.78, 5) is 23.9. The number of amides is 1. The number of hydrogen-bond acceptors (Lipinski definition) is 6. The quantitative estimate of drug-likeness (QED) is 0.310. The van der Waals surface area contributed by atoms with E-state index < -0.39 is 11.0 Å². The van der Waals surface area contributed by atoms with Gasteiger partial charge in [0.05, 0.1) is 9.95 Å². The SMILES string of the molecule is Nc1nc(SCCNC(=O)O)ccc1[N+](=O)[O-]. The molecule has 0 bridgehead atoms. The fraction of sp³-hybridized carbons (Fsp3) is 0.250. The summed E-state index contributed by atoms with van der Waals surface area (Å²) in [5.41, 5.74) is 5.16. The van der Waals surface area contributed by atoms with Crippen LogP contribution in [0.5, 0.6) is 0 Å². The third-order valence-corrected chi connectivity index (χ3v) is 2.63. The molecule has 1 aromatic rings. The lowest BCUT2D eigenvalue weighted by molar-refractivity contribution is -0.384. The van der Waals surface area contributed by atoms with Crippen molar-refractivity contribution in [1.29, 1.82) is 0 Å². The Morgan fingerprint density at radius 3 is 2.88 bits per heavy atom. The molecule has 0 aromatic carbocycles. The number of pyridine rings is 1. The van der Waals surface area contributed by atoms with Crippen LogP contribution >= 0.6 is 11.8 Å². The molecule has 1 amide bonds. The molecule has 1 rings (SSSR count). The van der Waals surface area contributed by atoms with E-state index in [-0.39, 0.29) is 18.1 Å². The number of nitro groups is 1. The van der Waals surface area contributed by atoms with Crippen molar-refractivity contribution in [2.45, 2.75) is 5.03 Å². The molecule has 0 unspecified atom stereocenters. The number of rotatable bonds is 5. The first-order valence-corrected chi connectivity index (χ1v) is 5.50. The number of nitrogen functional groups attached to an aromatic ring is 1. The van der Waals surface area contributed by atoms with Crippen LogP contribution in [0.15, 0.2) is 17.2 Å². The van der Waals surface area contributed by atoms with E-state index in [2.05, 4.69) is 10.3 Å². The molecule has 92 valence electrons. The predicted octanol–water partition coefficient (Wildman–Crippen LogP) is 0.932. The average molecular weight is 258 g/mol. The Bertz CT molecular complexity index is 440. The van der Waals surface area contributed by atoms with Gasteiger partial charge >= 0.3 is 11.8 Å². The fourth-order valence-electron chi connectivity index (χ4n) is 0.997. The Morgan fingerprint density at radius 1 is 1.65 bits per heavy atom. The Labute approximate surface area is 100 Å². The molecule has 0 radical (unpaired) electrons. The molecule has 0 spiro atoms. The number of nitrogens with two attached hydrogens (primary N) is 1. The molecule has 1 aromatic heterocycles. The minimum absolute atomic E-state index is 0.147. The van der Waals surface area contributed by atoms with Crippen LogP contribution in [0, 0.1) is 10.1 Å². The standard InChI is InChI=1S/C8H10N4O4S/c9-7-5(12(15)16)1-2-6(11-7)17-4-3-10-8(13)14/h1-2,10H,3-4H2,(H2,9,11)(H,13,14). The van der Waals surface area contributed by atoms with Crippen molar-refractivity contribution in [1.82, 2.24) is 10.3 Å². The van der Waals surface area contributed by atoms with E-state index in [1.165, 1.54) is 23.9 Å². The van der Waals surface area contributed by atoms with Crippen LogP contribution in [0.1, 0.15) is 0 Å². The van der Waals surface area contributed by atoms with Crippen LogP contribution in [0.25, 0.3) is 0 Å². The summed E-state index contributed by atoms with van der Waals surface area (Å²) in [5, 5.41) is 21.5. The molecule has 0 aliphatic rings. The normalized spacial score (nSPS) is 9.88. The third-order valence-electron chi connectivity index (χ3n) is 1.70. The van der Waals surface area contributed by atoms with E-state index in [1.54, 1.807) is 0 Å². The van der Waals surface area contributed by atoms with Crippen LogP contribution < -0.4 is 11.1 Å². The lowest BCUT2D eigenvalue weighted by atomic mass is 10.4. The minimum Gasteiger partial charge on any atom is -0.465 e. The largest absolute Gasteiger partial charge is 0.465 e. The maximum atomic E-state index is 10.5. The van der Waals surface area contributed by atoms with E-state index in [9.17, 15) is 14.9 Å². The summed E-state index contributed by atoms with van der Waals surface area (Å²) in [6.07, 6.45) is -1.10. The summed E-state index contributed by atoms with van der Waals surface area (Å²) in [6.45, 7) is 0.262. The summed E-state index contributed by atoms with van der Waals surface area (Å²) in [6, 6.07) is 2.75. The monoisotopic (exact) mass is 258 g/mol. The lowest BCUT2D eigenvalue weighted by Gasteiger charge is -2.02. The number of nitrogens with one attached hydrogen (secondary N) is 1. The molecule has 8 nitrogen and oxygen atoms in total. The minimum atomic E-state index is -1.10. The highest BCUT2D eigenvalue weighted by Crippen LogP contribution is 2.23. The first-order chi connectivity index (χ1) is 8.00. The Morgan fingerprint density at radius 2 is 2.35 bits per heavy atom. The van der Waals surface area contributed by atoms with Gasteiger partial charge in [0.1, 0.15) is 0 Å². The van der Waals surface area contributed by atoms with Crippen molar-refractivity contribution < 1.29 is 14.8 Å². The molecule has 0 saturated carbocycles. The number of anilines is 1. The topological polar surface area (TPSA) is 131 Å². The number of carbonyl (C=O) groups is 1. The molecule has 0 aliphatic carbocycles. The maximum absolute atomic E-state index is 10.5. The number of thioether (sulfide) groups is 1. The van der Waals surface area contributed by atoms with Gasteiger partial charge in [0.2, 0.25) is 5.82 Å². The summed E-state index contributed by atoms with van der Waals surface area (Å²) in [5.74, 6) is 0.322. The zero-order valence-electron chi connectivity index (χ0n) is 8.62. The van der Waals surface area contributed by atoms with Crippen molar-refractivity contribution in [3.63, 3.8) is 0 Å². The van der Waals surface area contributed by atoms with Crippen LogP contribution in [0.4, 0.5) is 16.3 Å². The van der Waals surface area contributed by atoms with Crippen LogP contribution in [-0.4, -0.2) is 33.4 Å². The van der Waals surface area contributed by atoms with Gasteiger partial charge in [-0.05, 0) is 6.07 Å². The highest BCUT2D eigenvalue weighted by molar-refractivity contribution is 7.99. The van der Waals surface area contributed by atoms with E-state index in [1.807, 2.05) is 0 Å². The first kappa shape index (κ1) is 13.0. The lowest BCUT2D eigenvalue weighted by Crippen LogP contribution is -2.23. The number of aromatic nitrogens is 1. The van der Waals surface area contributed by atoms with Gasteiger partial charge in [-0.15, -0.1) is 11.8 Å². The number of nitrogens with zero attached hydrogens (tertiary/aromatic N) is 2. The summed E-state index contributed by atoms with van der Waals surface area (Å²) in [7, 11) is 0. The second-order valence-electron chi connectivity index (χ2n) is 2.89. The fourth-order valence-corrected chi connectivity index (χ4v) is 1.74. The smallest absolute Gasteiger partial charge is 0.404 e. The van der Waals surface area contributed by atoms with Crippen molar-refractivity contribution >= 4 is 29.4 Å². The Hall–Kier alpha value is -2.03. The van der Waals surface area contributed by atoms with Gasteiger partial charge in [0, 0.05) is 18.4 Å². The second kappa shape index (κ2) is 5.89. The zero-order chi connectivity index (χ0) is 12.8. The molecule has 0 atom stereocenters. The van der Waals surface area contributed by atoms with Gasteiger partial charge in [0.25, 0.3) is 0 Å². The predicted molar refractivity (Wildman–Crippen MR) is 62.1 cm³/mol. The third kappa shape index (κ3) is 4.15. The Balaban J connectivity index is 2.53. The van der Waals surface area contributed by atoms with Crippen LogP contribution in [-0.2, 0) is 0 Å². The molecule has 0 fully saturated rings. The second-order valence-corrected chi connectivity index (χ2v) is 4.01. The first-order valence-electron chi connectivity index (χ1n) is 4.51. The van der Waals surface area contributed by atoms with Gasteiger partial charge in [-0.1, -0.05) is 0 Å². The number of hydrogen-bond donors (Lipinski definition) is 3. The van der Waals surface area contributed by atoms with Crippen molar-refractivity contribution in [2.24, 2.45) is 0 Å². The number of carboxylic acid groups (broad SMARTS) is 1. The van der Waals surface area contributed by atoms with E-state index in [0.29, 0.717) is 10.8 Å². The molecular weight excluding hydrogens is 248 g/mol. The highest BCUT2D eigenvalue weighted by atomic mass is 32.2. The molecule has 4 N–H and O–H groups in total. The Kier molecular flexibility index (Phi) is 4.52. The van der Waals surface area contributed by atoms with Crippen molar-refractivity contribution in [3.05, 3.63) is 22.2 Å². The van der Waals surface area contributed by atoms with Gasteiger partial charge in [0.15, 0.2) is 0 Å². The van der Waals surface area contributed by atoms with E-state index in [0.717, 1.165) is 0 Å². The maximum Gasteiger partial charge on any atom is 0.404 e. The zero-order valence-corrected chi connectivity index (χ0v) is 9.44. The molecule has 17 heavy (non-hydrogen) atoms. The summed E-state index contributed by atoms with van der Waals surface area (Å²) >= 11 is 1.26. The van der Waals surface area contributed by atoms with Gasteiger partial charge < -0.3 is 16.2 Å². The van der Waals surface area contributed by atoms with E-state index in [4.69, 9.17) is 10.8 Å². The molecule has 0 aliphatic heterocycles. The van der Waals surface area contributed by atoms with Crippen molar-refractivity contribution in [3.8, 4) is 0 Å². The average Bonchev–Trinajstić information content (AvgIpc) is 2.23. The summed E-state index contributed by atoms with van der Waals surface area (Å²) < 4.78 is 0. The van der Waals surface area contributed by atoms with E-state index >= 15 is 0 Å². The van der Waals surface area contributed by atoms with Gasteiger partial charge in [-0.25, -0.2) is 9.78 Å². The highest BCUT2D eigenvalue weighted by Gasteiger charge is 2.12. The van der Waals surface area contributed by atoms with Crippen LogP contribution in [0.3, 0.4) is 0 Å². The van der Waals surface area contributed by atoms with Crippen molar-refractivity contribution in [2.75, 3.05) is 18.0 Å². The molecule has 9 heteroatoms.